The minimum atomic E-state index is -4.03. The van der Waals surface area contributed by atoms with E-state index in [2.05, 4.69) is 22.6 Å². The number of carboxylic acid groups (broad SMARTS) is 1. The number of aliphatic carboxylic acids is 1. The molecule has 0 saturated heterocycles. The third kappa shape index (κ3) is 2.73. The molecule has 2 aromatic rings. The van der Waals surface area contributed by atoms with Gasteiger partial charge in [-0.05, 0) is 58.5 Å². The number of carbonyl (C=O) groups is 1. The number of anilines is 1. The normalized spacial score (nSPS) is 16.8. The fourth-order valence-electron chi connectivity index (χ4n) is 2.79. The van der Waals surface area contributed by atoms with Crippen LogP contribution in [0.2, 0.25) is 0 Å². The van der Waals surface area contributed by atoms with Crippen LogP contribution in [0.3, 0.4) is 0 Å². The van der Waals surface area contributed by atoms with E-state index in [9.17, 15) is 18.3 Å². The topological polar surface area (TPSA) is 83.9 Å². The van der Waals surface area contributed by atoms with Crippen molar-refractivity contribution < 1.29 is 23.1 Å². The zero-order chi connectivity index (χ0) is 17.5. The predicted octanol–water partition coefficient (Wildman–Crippen LogP) is 2.50. The first kappa shape index (κ1) is 17.0. The van der Waals surface area contributed by atoms with Gasteiger partial charge < -0.3 is 9.84 Å². The Morgan fingerprint density at radius 1 is 1.25 bits per heavy atom. The van der Waals surface area contributed by atoms with Gasteiger partial charge in [-0.1, -0.05) is 12.1 Å². The van der Waals surface area contributed by atoms with E-state index in [0.717, 1.165) is 7.88 Å². The van der Waals surface area contributed by atoms with Crippen LogP contribution < -0.4 is 9.04 Å². The Bertz CT molecular complexity index is 895. The summed E-state index contributed by atoms with van der Waals surface area (Å²) in [5.41, 5.74) is 0.932. The smallest absolute Gasteiger partial charge is 0.327 e. The lowest BCUT2D eigenvalue weighted by molar-refractivity contribution is -0.138. The van der Waals surface area contributed by atoms with Crippen LogP contribution >= 0.6 is 22.6 Å². The Morgan fingerprint density at radius 2 is 1.92 bits per heavy atom. The SMILES string of the molecule is COc1cccc2c1N(S(=O)(=O)c1ccc(I)cc1)C(C(=O)O)C2. The average molecular weight is 459 g/mol. The summed E-state index contributed by atoms with van der Waals surface area (Å²) in [6.07, 6.45) is 0.103. The van der Waals surface area contributed by atoms with E-state index < -0.39 is 22.0 Å². The number of methoxy groups -OCH3 is 1. The molecule has 0 spiro atoms. The fraction of sp³-hybridized carbons (Fsp3) is 0.188. The molecule has 0 bridgehead atoms. The first-order valence-electron chi connectivity index (χ1n) is 7.05. The van der Waals surface area contributed by atoms with Crippen LogP contribution in [0, 0.1) is 3.57 Å². The molecule has 0 radical (unpaired) electrons. The molecule has 0 aliphatic carbocycles. The molecule has 1 aliphatic rings. The number of ether oxygens (including phenoxy) is 1. The highest BCUT2D eigenvalue weighted by atomic mass is 127. The molecule has 1 N–H and O–H groups in total. The minimum absolute atomic E-state index is 0.0490. The maximum absolute atomic E-state index is 13.1. The summed E-state index contributed by atoms with van der Waals surface area (Å²) in [4.78, 5) is 11.7. The van der Waals surface area contributed by atoms with Gasteiger partial charge in [-0.3, -0.25) is 0 Å². The first-order chi connectivity index (χ1) is 11.4. The van der Waals surface area contributed by atoms with Crippen LogP contribution in [-0.2, 0) is 21.2 Å². The zero-order valence-corrected chi connectivity index (χ0v) is 15.6. The van der Waals surface area contributed by atoms with E-state index in [4.69, 9.17) is 4.74 Å². The van der Waals surface area contributed by atoms with Crippen molar-refractivity contribution in [2.24, 2.45) is 0 Å². The lowest BCUT2D eigenvalue weighted by Gasteiger charge is -2.25. The number of hydrogen-bond acceptors (Lipinski definition) is 4. The molecule has 1 aliphatic heterocycles. The Hall–Kier alpha value is -1.81. The first-order valence-corrected chi connectivity index (χ1v) is 9.57. The number of halogens is 1. The molecule has 1 heterocycles. The molecule has 0 aromatic heterocycles. The molecule has 8 heteroatoms. The van der Waals surface area contributed by atoms with Crippen molar-refractivity contribution >= 4 is 44.3 Å². The van der Waals surface area contributed by atoms with Crippen molar-refractivity contribution in [3.8, 4) is 5.75 Å². The summed E-state index contributed by atoms with van der Waals surface area (Å²) in [7, 11) is -2.60. The summed E-state index contributed by atoms with van der Waals surface area (Å²) in [5.74, 6) is -0.854. The summed E-state index contributed by atoms with van der Waals surface area (Å²) in [6.45, 7) is 0. The number of carboxylic acids is 1. The van der Waals surface area contributed by atoms with Gasteiger partial charge in [0.25, 0.3) is 10.0 Å². The molecule has 6 nitrogen and oxygen atoms in total. The molecule has 24 heavy (non-hydrogen) atoms. The summed E-state index contributed by atoms with van der Waals surface area (Å²) < 4.78 is 33.3. The predicted molar refractivity (Wildman–Crippen MR) is 96.9 cm³/mol. The van der Waals surface area contributed by atoms with Crippen LogP contribution in [0.5, 0.6) is 5.75 Å². The molecule has 0 saturated carbocycles. The Kier molecular flexibility index (Phi) is 4.43. The van der Waals surface area contributed by atoms with Crippen LogP contribution in [-0.4, -0.2) is 32.6 Å². The maximum atomic E-state index is 13.1. The monoisotopic (exact) mass is 459 g/mol. The number of fused-ring (bicyclic) bond motifs is 1. The Balaban J connectivity index is 2.20. The number of benzene rings is 2. The van der Waals surface area contributed by atoms with E-state index in [1.165, 1.54) is 19.2 Å². The van der Waals surface area contributed by atoms with Gasteiger partial charge in [0.1, 0.15) is 11.8 Å². The lowest BCUT2D eigenvalue weighted by Crippen LogP contribution is -2.42. The van der Waals surface area contributed by atoms with Crippen LogP contribution in [0.4, 0.5) is 5.69 Å². The summed E-state index contributed by atoms with van der Waals surface area (Å²) in [5, 5.41) is 9.53. The molecule has 126 valence electrons. The van der Waals surface area contributed by atoms with Gasteiger partial charge >= 0.3 is 5.97 Å². The minimum Gasteiger partial charge on any atom is -0.495 e. The molecule has 2 aromatic carbocycles. The van der Waals surface area contributed by atoms with Crippen LogP contribution in [0.1, 0.15) is 5.56 Å². The van der Waals surface area contributed by atoms with Gasteiger partial charge in [-0.15, -0.1) is 0 Å². The third-order valence-electron chi connectivity index (χ3n) is 3.87. The molecule has 0 fully saturated rings. The van der Waals surface area contributed by atoms with E-state index in [0.29, 0.717) is 17.0 Å². The standard InChI is InChI=1S/C16H14INO5S/c1-23-14-4-2-3-10-9-13(16(19)20)18(15(10)14)24(21,22)12-7-5-11(17)6-8-12/h2-8,13H,9H2,1H3,(H,19,20). The largest absolute Gasteiger partial charge is 0.495 e. The number of sulfonamides is 1. The number of para-hydroxylation sites is 1. The highest BCUT2D eigenvalue weighted by molar-refractivity contribution is 14.1. The van der Waals surface area contributed by atoms with Crippen molar-refractivity contribution in [2.45, 2.75) is 17.4 Å². The van der Waals surface area contributed by atoms with Crippen molar-refractivity contribution in [1.29, 1.82) is 0 Å². The number of nitrogens with zero attached hydrogens (tertiary/aromatic N) is 1. The Labute approximate surface area is 153 Å². The second kappa shape index (κ2) is 6.25. The van der Waals surface area contributed by atoms with E-state index >= 15 is 0 Å². The van der Waals surface area contributed by atoms with Gasteiger partial charge in [-0.2, -0.15) is 0 Å². The zero-order valence-electron chi connectivity index (χ0n) is 12.6. The maximum Gasteiger partial charge on any atom is 0.327 e. The Morgan fingerprint density at radius 3 is 2.50 bits per heavy atom. The average Bonchev–Trinajstić information content (AvgIpc) is 2.95. The molecule has 1 unspecified atom stereocenters. The van der Waals surface area contributed by atoms with Crippen molar-refractivity contribution in [2.75, 3.05) is 11.4 Å². The van der Waals surface area contributed by atoms with Crippen LogP contribution in [0.15, 0.2) is 47.4 Å². The van der Waals surface area contributed by atoms with E-state index in [1.807, 2.05) is 0 Å². The van der Waals surface area contributed by atoms with E-state index in [-0.39, 0.29) is 11.3 Å². The lowest BCUT2D eigenvalue weighted by atomic mass is 10.1. The molecule has 1 atom stereocenters. The van der Waals surface area contributed by atoms with Gasteiger partial charge in [-0.25, -0.2) is 17.5 Å². The second-order valence-electron chi connectivity index (χ2n) is 5.28. The quantitative estimate of drug-likeness (QED) is 0.711. The van der Waals surface area contributed by atoms with Crippen molar-refractivity contribution in [3.05, 3.63) is 51.6 Å². The van der Waals surface area contributed by atoms with Crippen LogP contribution in [0.25, 0.3) is 0 Å². The molecular formula is C16H14INO5S. The van der Waals surface area contributed by atoms with Gasteiger partial charge in [0.15, 0.2) is 0 Å². The number of rotatable bonds is 4. The second-order valence-corrected chi connectivity index (χ2v) is 8.34. The van der Waals surface area contributed by atoms with Gasteiger partial charge in [0.2, 0.25) is 0 Å². The summed E-state index contributed by atoms with van der Waals surface area (Å²) >= 11 is 2.08. The molecule has 3 rings (SSSR count). The third-order valence-corrected chi connectivity index (χ3v) is 6.42. The van der Waals surface area contributed by atoms with E-state index in [1.54, 1.807) is 30.3 Å². The highest BCUT2D eigenvalue weighted by Crippen LogP contribution is 2.43. The molecular weight excluding hydrogens is 445 g/mol. The van der Waals surface area contributed by atoms with Gasteiger partial charge in [0.05, 0.1) is 17.7 Å². The number of hydrogen-bond donors (Lipinski definition) is 1. The fourth-order valence-corrected chi connectivity index (χ4v) is 4.80. The highest BCUT2D eigenvalue weighted by Gasteiger charge is 2.44. The van der Waals surface area contributed by atoms with Crippen molar-refractivity contribution in [3.63, 3.8) is 0 Å². The van der Waals surface area contributed by atoms with Gasteiger partial charge in [0, 0.05) is 9.99 Å². The molecule has 0 amide bonds. The summed E-state index contributed by atoms with van der Waals surface area (Å²) in [6, 6.07) is 10.2. The van der Waals surface area contributed by atoms with Crippen molar-refractivity contribution in [1.82, 2.24) is 0 Å².